The topological polar surface area (TPSA) is 14.2 Å². The van der Waals surface area contributed by atoms with Gasteiger partial charge < -0.3 is 9.30 Å². The van der Waals surface area contributed by atoms with Crippen LogP contribution in [0.2, 0.25) is 10.0 Å². The van der Waals surface area contributed by atoms with Crippen LogP contribution in [0.5, 0.6) is 11.6 Å². The Morgan fingerprint density at radius 2 is 2.13 bits per heavy atom. The number of rotatable bonds is 2. The fourth-order valence-corrected chi connectivity index (χ4v) is 1.60. The van der Waals surface area contributed by atoms with E-state index >= 15 is 0 Å². The zero-order valence-corrected chi connectivity index (χ0v) is 9.51. The van der Waals surface area contributed by atoms with Gasteiger partial charge in [0.05, 0.1) is 5.02 Å². The lowest BCUT2D eigenvalue weighted by Gasteiger charge is -2.07. The predicted molar refractivity (Wildman–Crippen MR) is 60.8 cm³/mol. The molecular formula is C11H8Cl2NO. The number of benzene rings is 1. The quantitative estimate of drug-likeness (QED) is 0.777. The third-order valence-electron chi connectivity index (χ3n) is 1.93. The monoisotopic (exact) mass is 240 g/mol. The predicted octanol–water partition coefficient (Wildman–Crippen LogP) is 3.92. The van der Waals surface area contributed by atoms with Crippen LogP contribution in [0.25, 0.3) is 0 Å². The van der Waals surface area contributed by atoms with Crippen LogP contribution < -0.4 is 4.74 Å². The fraction of sp³-hybridized carbons (Fsp3) is 0.0909. The molecule has 2 nitrogen and oxygen atoms in total. The molecule has 1 radical (unpaired) electrons. The first kappa shape index (κ1) is 10.4. The second-order valence-corrected chi connectivity index (χ2v) is 3.91. The Morgan fingerprint density at radius 3 is 2.73 bits per heavy atom. The van der Waals surface area contributed by atoms with Crippen molar-refractivity contribution < 1.29 is 4.74 Å². The van der Waals surface area contributed by atoms with E-state index < -0.39 is 0 Å². The number of nitrogens with zero attached hydrogens (tertiary/aromatic N) is 1. The molecule has 0 bridgehead atoms. The van der Waals surface area contributed by atoms with Gasteiger partial charge >= 0.3 is 0 Å². The lowest BCUT2D eigenvalue weighted by molar-refractivity contribution is 0.443. The summed E-state index contributed by atoms with van der Waals surface area (Å²) in [5, 5.41) is 1.08. The molecule has 1 aromatic heterocycles. The Kier molecular flexibility index (Phi) is 2.89. The molecule has 15 heavy (non-hydrogen) atoms. The molecule has 0 unspecified atom stereocenters. The SMILES string of the molecule is Cn1c[c]cc1Oc1ccc(Cl)cc1Cl. The third kappa shape index (κ3) is 2.28. The van der Waals surface area contributed by atoms with Crippen LogP contribution in [0.1, 0.15) is 0 Å². The van der Waals surface area contributed by atoms with E-state index in [9.17, 15) is 0 Å². The summed E-state index contributed by atoms with van der Waals surface area (Å²) in [6.45, 7) is 0. The van der Waals surface area contributed by atoms with E-state index in [1.165, 1.54) is 0 Å². The highest BCUT2D eigenvalue weighted by Crippen LogP contribution is 2.31. The van der Waals surface area contributed by atoms with Crippen LogP contribution in [0, 0.1) is 6.07 Å². The number of hydrogen-bond donors (Lipinski definition) is 0. The summed E-state index contributed by atoms with van der Waals surface area (Å²) in [6, 6.07) is 9.77. The summed E-state index contributed by atoms with van der Waals surface area (Å²) in [5.74, 6) is 1.26. The molecule has 0 aliphatic rings. The fourth-order valence-electron chi connectivity index (χ4n) is 1.16. The van der Waals surface area contributed by atoms with Crippen LogP contribution in [0.4, 0.5) is 0 Å². The van der Waals surface area contributed by atoms with Crippen molar-refractivity contribution in [3.8, 4) is 11.6 Å². The van der Waals surface area contributed by atoms with Gasteiger partial charge in [-0.05, 0) is 18.2 Å². The normalized spacial score (nSPS) is 10.3. The summed E-state index contributed by atoms with van der Waals surface area (Å²) < 4.78 is 7.39. The van der Waals surface area contributed by atoms with Gasteiger partial charge in [0.25, 0.3) is 0 Å². The molecular weight excluding hydrogens is 233 g/mol. The molecule has 1 heterocycles. The molecule has 0 aliphatic heterocycles. The van der Waals surface area contributed by atoms with Gasteiger partial charge in [0, 0.05) is 30.4 Å². The molecule has 0 spiro atoms. The average molecular weight is 241 g/mol. The lowest BCUT2D eigenvalue weighted by Crippen LogP contribution is -1.92. The Hall–Kier alpha value is -1.12. The van der Waals surface area contributed by atoms with Crippen LogP contribution >= 0.6 is 23.2 Å². The summed E-state index contributed by atoms with van der Waals surface area (Å²) in [7, 11) is 1.87. The van der Waals surface area contributed by atoms with Gasteiger partial charge in [-0.3, -0.25) is 0 Å². The number of aromatic nitrogens is 1. The Morgan fingerprint density at radius 1 is 1.33 bits per heavy atom. The Balaban J connectivity index is 2.29. The van der Waals surface area contributed by atoms with Crippen molar-refractivity contribution in [2.45, 2.75) is 0 Å². The molecule has 0 amide bonds. The Bertz CT molecular complexity index is 479. The number of aryl methyl sites for hydroxylation is 1. The highest BCUT2D eigenvalue weighted by Gasteiger charge is 2.05. The highest BCUT2D eigenvalue weighted by atomic mass is 35.5. The third-order valence-corrected chi connectivity index (χ3v) is 2.46. The van der Waals surface area contributed by atoms with E-state index in [0.29, 0.717) is 21.7 Å². The van der Waals surface area contributed by atoms with Crippen molar-refractivity contribution in [3.63, 3.8) is 0 Å². The van der Waals surface area contributed by atoms with E-state index in [4.69, 9.17) is 27.9 Å². The second kappa shape index (κ2) is 4.17. The van der Waals surface area contributed by atoms with E-state index in [0.717, 1.165) is 0 Å². The zero-order valence-electron chi connectivity index (χ0n) is 8.00. The molecule has 4 heteroatoms. The van der Waals surface area contributed by atoms with Crippen molar-refractivity contribution in [2.75, 3.05) is 0 Å². The number of ether oxygens (including phenoxy) is 1. The minimum Gasteiger partial charge on any atom is -0.439 e. The summed E-state index contributed by atoms with van der Waals surface area (Å²) in [5.41, 5.74) is 0. The van der Waals surface area contributed by atoms with Gasteiger partial charge in [0.15, 0.2) is 5.88 Å². The molecule has 0 fully saturated rings. The van der Waals surface area contributed by atoms with Crippen LogP contribution in [-0.2, 0) is 7.05 Å². The van der Waals surface area contributed by atoms with Gasteiger partial charge in [-0.25, -0.2) is 0 Å². The Labute approximate surface area is 98.0 Å². The first-order valence-corrected chi connectivity index (χ1v) is 5.08. The van der Waals surface area contributed by atoms with Gasteiger partial charge in [-0.2, -0.15) is 0 Å². The van der Waals surface area contributed by atoms with Gasteiger partial charge in [0.1, 0.15) is 5.75 Å². The molecule has 2 aromatic rings. The molecule has 1 aromatic carbocycles. The van der Waals surface area contributed by atoms with E-state index in [1.54, 1.807) is 30.5 Å². The minimum atomic E-state index is 0.490. The average Bonchev–Trinajstić information content (AvgIpc) is 2.57. The summed E-state index contributed by atoms with van der Waals surface area (Å²) >= 11 is 11.7. The lowest BCUT2D eigenvalue weighted by atomic mass is 10.3. The van der Waals surface area contributed by atoms with E-state index in [-0.39, 0.29) is 0 Å². The van der Waals surface area contributed by atoms with Crippen LogP contribution in [-0.4, -0.2) is 4.57 Å². The summed E-state index contributed by atoms with van der Waals surface area (Å²) in [6.07, 6.45) is 1.78. The van der Waals surface area contributed by atoms with Crippen molar-refractivity contribution in [3.05, 3.63) is 46.6 Å². The van der Waals surface area contributed by atoms with E-state index in [2.05, 4.69) is 6.07 Å². The maximum absolute atomic E-state index is 5.97. The van der Waals surface area contributed by atoms with Crippen LogP contribution in [0.3, 0.4) is 0 Å². The molecule has 0 atom stereocenters. The van der Waals surface area contributed by atoms with Crippen molar-refractivity contribution in [1.29, 1.82) is 0 Å². The maximum atomic E-state index is 5.97. The van der Waals surface area contributed by atoms with Gasteiger partial charge in [-0.15, -0.1) is 0 Å². The van der Waals surface area contributed by atoms with Crippen LogP contribution in [0.15, 0.2) is 30.5 Å². The van der Waals surface area contributed by atoms with Gasteiger partial charge in [-0.1, -0.05) is 23.2 Å². The second-order valence-electron chi connectivity index (χ2n) is 3.07. The molecule has 0 saturated carbocycles. The first-order chi connectivity index (χ1) is 7.16. The van der Waals surface area contributed by atoms with E-state index in [1.807, 2.05) is 11.6 Å². The molecule has 0 N–H and O–H groups in total. The molecule has 0 aliphatic carbocycles. The molecule has 77 valence electrons. The molecule has 2 rings (SSSR count). The van der Waals surface area contributed by atoms with Crippen molar-refractivity contribution in [2.24, 2.45) is 7.05 Å². The summed E-state index contributed by atoms with van der Waals surface area (Å²) in [4.78, 5) is 0. The first-order valence-electron chi connectivity index (χ1n) is 4.32. The van der Waals surface area contributed by atoms with Crippen molar-refractivity contribution in [1.82, 2.24) is 4.57 Å². The highest BCUT2D eigenvalue weighted by molar-refractivity contribution is 6.35. The largest absolute Gasteiger partial charge is 0.439 e. The maximum Gasteiger partial charge on any atom is 0.200 e. The minimum absolute atomic E-state index is 0.490. The zero-order chi connectivity index (χ0) is 10.8. The van der Waals surface area contributed by atoms with Gasteiger partial charge in [0.2, 0.25) is 0 Å². The number of halogens is 2. The van der Waals surface area contributed by atoms with Crippen molar-refractivity contribution >= 4 is 23.2 Å². The molecule has 0 saturated heterocycles. The smallest absolute Gasteiger partial charge is 0.200 e. The number of hydrogen-bond acceptors (Lipinski definition) is 1. The standard InChI is InChI=1S/C11H8Cl2NO/c1-14-6-2-3-11(14)15-10-5-4-8(12)7-9(10)13/h3-7H,1H3.